The van der Waals surface area contributed by atoms with Crippen molar-refractivity contribution in [2.24, 2.45) is 0 Å². The third kappa shape index (κ3) is 2.12. The van der Waals surface area contributed by atoms with E-state index in [-0.39, 0.29) is 17.9 Å². The first-order valence-corrected chi connectivity index (χ1v) is 11.4. The molecule has 1 saturated carbocycles. The van der Waals surface area contributed by atoms with Crippen molar-refractivity contribution in [2.75, 3.05) is 5.73 Å². The van der Waals surface area contributed by atoms with Crippen LogP contribution < -0.4 is 5.73 Å². The highest BCUT2D eigenvalue weighted by Gasteiger charge is 2.38. The van der Waals surface area contributed by atoms with Gasteiger partial charge in [0.05, 0.1) is 0 Å². The third-order valence-corrected chi connectivity index (χ3v) is 7.65. The Labute approximate surface area is 184 Å². The first kappa shape index (κ1) is 18.0. The van der Waals surface area contributed by atoms with E-state index in [1.807, 2.05) is 24.3 Å². The second-order valence-corrected chi connectivity index (χ2v) is 9.27. The van der Waals surface area contributed by atoms with Gasteiger partial charge in [0.2, 0.25) is 0 Å². The van der Waals surface area contributed by atoms with Crippen molar-refractivity contribution in [3.8, 4) is 0 Å². The van der Waals surface area contributed by atoms with Gasteiger partial charge < -0.3 is 5.73 Å². The van der Waals surface area contributed by atoms with E-state index in [1.165, 1.54) is 6.42 Å². The summed E-state index contributed by atoms with van der Waals surface area (Å²) >= 11 is 0. The van der Waals surface area contributed by atoms with Crippen molar-refractivity contribution < 1.29 is 9.59 Å². The molecule has 156 valence electrons. The highest BCUT2D eigenvalue weighted by molar-refractivity contribution is 6.38. The Morgan fingerprint density at radius 3 is 1.88 bits per heavy atom. The maximum atomic E-state index is 13.6. The first-order chi connectivity index (χ1) is 15.6. The number of benzene rings is 5. The lowest BCUT2D eigenvalue weighted by Crippen LogP contribution is -2.47. The number of hydrogen-bond donors (Lipinski definition) is 1. The molecular formula is C28H22N2O2. The highest BCUT2D eigenvalue weighted by Crippen LogP contribution is 2.45. The lowest BCUT2D eigenvalue weighted by Gasteiger charge is -2.36. The van der Waals surface area contributed by atoms with Crippen LogP contribution >= 0.6 is 0 Å². The van der Waals surface area contributed by atoms with Gasteiger partial charge in [-0.3, -0.25) is 14.5 Å². The van der Waals surface area contributed by atoms with E-state index in [1.54, 1.807) is 4.90 Å². The number of imide groups is 1. The molecule has 32 heavy (non-hydrogen) atoms. The van der Waals surface area contributed by atoms with Crippen molar-refractivity contribution in [3.05, 3.63) is 65.7 Å². The molecule has 2 amide bonds. The Hall–Kier alpha value is -3.66. The lowest BCUT2D eigenvalue weighted by molar-refractivity contribution is 0.0503. The van der Waals surface area contributed by atoms with Crippen molar-refractivity contribution in [1.29, 1.82) is 0 Å². The number of hydrogen-bond acceptors (Lipinski definition) is 3. The number of carbonyl (C=O) groups excluding carboxylic acids is 2. The van der Waals surface area contributed by atoms with Crippen LogP contribution in [0.1, 0.15) is 52.8 Å². The number of fused-ring (bicyclic) bond motifs is 2. The SMILES string of the molecule is Nc1ccc2c3ccc4c5c(ccc(c6cccc1c62)c53)C(=O)N(C1CCCCC1)C4=O. The van der Waals surface area contributed by atoms with Crippen molar-refractivity contribution >= 4 is 60.6 Å². The molecule has 0 saturated heterocycles. The molecule has 2 aliphatic rings. The van der Waals surface area contributed by atoms with E-state index < -0.39 is 0 Å². The smallest absolute Gasteiger partial charge is 0.261 e. The molecule has 0 unspecified atom stereocenters. The van der Waals surface area contributed by atoms with Gasteiger partial charge in [-0.1, -0.05) is 55.7 Å². The number of amides is 2. The van der Waals surface area contributed by atoms with E-state index in [9.17, 15) is 9.59 Å². The Kier molecular flexibility index (Phi) is 3.48. The normalized spacial score (nSPS) is 17.4. The van der Waals surface area contributed by atoms with Gasteiger partial charge in [-0.05, 0) is 63.4 Å². The average Bonchev–Trinajstić information content (AvgIpc) is 2.83. The Morgan fingerprint density at radius 1 is 0.625 bits per heavy atom. The number of nitrogens with zero attached hydrogens (tertiary/aromatic N) is 1. The number of anilines is 1. The summed E-state index contributed by atoms with van der Waals surface area (Å²) in [6.45, 7) is 0. The monoisotopic (exact) mass is 418 g/mol. The Bertz CT molecular complexity index is 1540. The molecule has 0 bridgehead atoms. The maximum absolute atomic E-state index is 13.6. The van der Waals surface area contributed by atoms with E-state index in [0.717, 1.165) is 74.5 Å². The van der Waals surface area contributed by atoms with Crippen LogP contribution in [0.5, 0.6) is 0 Å². The Morgan fingerprint density at radius 2 is 1.19 bits per heavy atom. The highest BCUT2D eigenvalue weighted by atomic mass is 16.2. The van der Waals surface area contributed by atoms with Crippen molar-refractivity contribution in [2.45, 2.75) is 38.1 Å². The van der Waals surface area contributed by atoms with Crippen LogP contribution in [-0.2, 0) is 0 Å². The molecule has 0 spiro atoms. The fourth-order valence-electron chi connectivity index (χ4n) is 6.20. The number of rotatable bonds is 1. The molecule has 1 aliphatic carbocycles. The molecule has 4 nitrogen and oxygen atoms in total. The van der Waals surface area contributed by atoms with Gasteiger partial charge in [0.25, 0.3) is 11.8 Å². The fourth-order valence-corrected chi connectivity index (χ4v) is 6.20. The van der Waals surface area contributed by atoms with Crippen molar-refractivity contribution in [1.82, 2.24) is 4.90 Å². The predicted octanol–water partition coefficient (Wildman–Crippen LogP) is 6.25. The third-order valence-electron chi connectivity index (χ3n) is 7.65. The second kappa shape index (κ2) is 6.19. The number of nitrogen functional groups attached to an aromatic ring is 1. The largest absolute Gasteiger partial charge is 0.398 e. The topological polar surface area (TPSA) is 63.4 Å². The molecule has 1 fully saturated rings. The van der Waals surface area contributed by atoms with Gasteiger partial charge in [-0.25, -0.2) is 0 Å². The zero-order valence-electron chi connectivity index (χ0n) is 17.7. The minimum atomic E-state index is -0.139. The summed E-state index contributed by atoms with van der Waals surface area (Å²) < 4.78 is 0. The summed E-state index contributed by atoms with van der Waals surface area (Å²) in [6, 6.07) is 18.2. The van der Waals surface area contributed by atoms with Crippen LogP contribution in [0.25, 0.3) is 43.1 Å². The van der Waals surface area contributed by atoms with Gasteiger partial charge in [-0.2, -0.15) is 0 Å². The van der Waals surface area contributed by atoms with Crippen LogP contribution in [0.2, 0.25) is 0 Å². The average molecular weight is 418 g/mol. The molecule has 1 aliphatic heterocycles. The molecule has 1 heterocycles. The zero-order valence-corrected chi connectivity index (χ0v) is 17.7. The molecule has 0 aromatic heterocycles. The standard InChI is InChI=1S/C28H22N2O2/c29-23-14-13-17-19-10-12-22-26-21(27(31)30(28(22)32)15-5-2-1-3-6-15)11-9-18(25(19)26)16-7-4-8-20(23)24(16)17/h4,7-15H,1-3,5-6,29H2. The summed E-state index contributed by atoms with van der Waals surface area (Å²) in [5, 5.41) is 8.34. The van der Waals surface area contributed by atoms with Gasteiger partial charge in [-0.15, -0.1) is 0 Å². The molecule has 7 rings (SSSR count). The number of carbonyl (C=O) groups is 2. The van der Waals surface area contributed by atoms with Crippen LogP contribution in [0, 0.1) is 0 Å². The van der Waals surface area contributed by atoms with E-state index in [0.29, 0.717) is 11.1 Å². The van der Waals surface area contributed by atoms with Crippen LogP contribution in [0.4, 0.5) is 5.69 Å². The van der Waals surface area contributed by atoms with Gasteiger partial charge >= 0.3 is 0 Å². The summed E-state index contributed by atoms with van der Waals surface area (Å²) in [6.07, 6.45) is 5.14. The van der Waals surface area contributed by atoms with E-state index in [2.05, 4.69) is 30.3 Å². The molecule has 0 atom stereocenters. The van der Waals surface area contributed by atoms with E-state index in [4.69, 9.17) is 5.73 Å². The second-order valence-electron chi connectivity index (χ2n) is 9.27. The zero-order chi connectivity index (χ0) is 21.6. The maximum Gasteiger partial charge on any atom is 0.261 e. The van der Waals surface area contributed by atoms with Gasteiger partial charge in [0.15, 0.2) is 0 Å². The molecule has 0 radical (unpaired) electrons. The Balaban J connectivity index is 1.60. The molecular weight excluding hydrogens is 396 g/mol. The predicted molar refractivity (Wildman–Crippen MR) is 129 cm³/mol. The minimum absolute atomic E-state index is 0.0108. The van der Waals surface area contributed by atoms with Gasteiger partial charge in [0, 0.05) is 33.6 Å². The van der Waals surface area contributed by atoms with Gasteiger partial charge in [0.1, 0.15) is 0 Å². The fraction of sp³-hybridized carbons (Fsp3) is 0.214. The van der Waals surface area contributed by atoms with Crippen LogP contribution in [-0.4, -0.2) is 22.8 Å². The number of nitrogens with two attached hydrogens (primary N) is 1. The lowest BCUT2D eigenvalue weighted by atomic mass is 9.83. The first-order valence-electron chi connectivity index (χ1n) is 11.4. The summed E-state index contributed by atoms with van der Waals surface area (Å²) in [4.78, 5) is 28.8. The molecule has 2 N–H and O–H groups in total. The van der Waals surface area contributed by atoms with E-state index >= 15 is 0 Å². The quantitative estimate of drug-likeness (QED) is 0.151. The summed E-state index contributed by atoms with van der Waals surface area (Å²) in [5.41, 5.74) is 8.35. The van der Waals surface area contributed by atoms with Crippen LogP contribution in [0.15, 0.2) is 54.6 Å². The van der Waals surface area contributed by atoms with Crippen LogP contribution in [0.3, 0.4) is 0 Å². The molecule has 5 aromatic rings. The molecule has 4 heteroatoms. The summed E-state index contributed by atoms with van der Waals surface area (Å²) in [7, 11) is 0. The summed E-state index contributed by atoms with van der Waals surface area (Å²) in [5.74, 6) is -0.279. The minimum Gasteiger partial charge on any atom is -0.398 e. The molecule has 5 aromatic carbocycles. The van der Waals surface area contributed by atoms with Crippen molar-refractivity contribution in [3.63, 3.8) is 0 Å².